The first-order valence-electron chi connectivity index (χ1n) is 13.7. The van der Waals surface area contributed by atoms with Crippen molar-refractivity contribution in [3.63, 3.8) is 0 Å². The van der Waals surface area contributed by atoms with E-state index in [1.807, 2.05) is 32.0 Å². The summed E-state index contributed by atoms with van der Waals surface area (Å²) in [5.74, 6) is 0.990. The number of hydrogen-bond donors (Lipinski definition) is 0. The number of methoxy groups -OCH3 is 1. The highest BCUT2D eigenvalue weighted by molar-refractivity contribution is 9.11. The van der Waals surface area contributed by atoms with Crippen molar-refractivity contribution >= 4 is 78.4 Å². The minimum atomic E-state index is -0.814. The molecule has 0 radical (unpaired) electrons. The first-order chi connectivity index (χ1) is 21.6. The first-order valence-corrected chi connectivity index (χ1v) is 16.9. The Kier molecular flexibility index (Phi) is 10.8. The highest BCUT2D eigenvalue weighted by Gasteiger charge is 2.31. The third-order valence-electron chi connectivity index (χ3n) is 6.70. The number of fused-ring (bicyclic) bond motifs is 1. The summed E-state index contributed by atoms with van der Waals surface area (Å²) in [6.07, 6.45) is 3.19. The molecule has 1 atom stereocenters. The van der Waals surface area contributed by atoms with Gasteiger partial charge in [-0.25, -0.2) is 9.79 Å². The van der Waals surface area contributed by atoms with Crippen molar-refractivity contribution in [2.24, 2.45) is 4.99 Å². The average Bonchev–Trinajstić information content (AvgIpc) is 3.33. The van der Waals surface area contributed by atoms with Crippen LogP contribution in [-0.2, 0) is 16.1 Å². The first kappa shape index (κ1) is 33.3. The molecule has 1 aliphatic heterocycles. The van der Waals surface area contributed by atoms with Crippen LogP contribution < -0.4 is 29.1 Å². The number of rotatable bonds is 10. The molecule has 45 heavy (non-hydrogen) atoms. The van der Waals surface area contributed by atoms with E-state index in [9.17, 15) is 9.59 Å². The molecule has 0 amide bonds. The lowest BCUT2D eigenvalue weighted by molar-refractivity contribution is -0.136. The third-order valence-corrected chi connectivity index (χ3v) is 9.48. The van der Waals surface area contributed by atoms with E-state index in [1.165, 1.54) is 29.2 Å². The molecule has 0 bridgehead atoms. The number of carbonyl (C=O) groups excluding carboxylic acids is 1. The van der Waals surface area contributed by atoms with E-state index in [0.717, 1.165) is 10.0 Å². The molecule has 0 N–H and O–H groups in total. The second-order valence-electron chi connectivity index (χ2n) is 9.59. The number of halogens is 4. The zero-order valence-corrected chi connectivity index (χ0v) is 29.7. The summed E-state index contributed by atoms with van der Waals surface area (Å²) in [7, 11) is 1.29. The number of thiazole rings is 1. The van der Waals surface area contributed by atoms with Gasteiger partial charge in [-0.05, 0) is 83.4 Å². The van der Waals surface area contributed by atoms with Crippen molar-refractivity contribution in [3.05, 3.63) is 116 Å². The molecule has 13 heteroatoms. The number of carbonyl (C=O) groups is 1. The topological polar surface area (TPSA) is 88.4 Å². The van der Waals surface area contributed by atoms with E-state index in [0.29, 0.717) is 65.4 Å². The summed E-state index contributed by atoms with van der Waals surface area (Å²) in [4.78, 5) is 31.9. The molecule has 0 spiro atoms. The summed E-state index contributed by atoms with van der Waals surface area (Å²) in [6, 6.07) is 13.5. The molecule has 0 saturated carbocycles. The normalized spacial score (nSPS) is 14.3. The Morgan fingerprint density at radius 1 is 1.00 bits per heavy atom. The van der Waals surface area contributed by atoms with Gasteiger partial charge >= 0.3 is 5.97 Å². The van der Waals surface area contributed by atoms with E-state index in [1.54, 1.807) is 36.4 Å². The minimum absolute atomic E-state index is 0.207. The van der Waals surface area contributed by atoms with Gasteiger partial charge in [-0.2, -0.15) is 0 Å². The summed E-state index contributed by atoms with van der Waals surface area (Å²) in [6.45, 7) is 4.82. The van der Waals surface area contributed by atoms with Gasteiger partial charge in [0.2, 0.25) is 0 Å². The highest BCUT2D eigenvalue weighted by Crippen LogP contribution is 2.36. The number of esters is 1. The zero-order valence-electron chi connectivity index (χ0n) is 24.2. The number of aromatic nitrogens is 1. The summed E-state index contributed by atoms with van der Waals surface area (Å²) in [5.41, 5.74) is 1.97. The number of ether oxygens (including phenoxy) is 4. The standard InChI is InChI=1S/C32H26Br2Cl2N2O6S/c1-4-42-25-9-7-18(12-26(25)43-5-2)28-21(31(40)41-3)15-37-32-38(28)30(39)27(45-32)13-19-11-20(33)14-22(34)29(19)44-16-17-6-8-23(35)24(36)10-17/h6-15,28H,4-5,16H2,1-3H3/b27-13+/t28-/m0/s1. The largest absolute Gasteiger partial charge is 0.490 e. The molecule has 234 valence electrons. The van der Waals surface area contributed by atoms with Crippen molar-refractivity contribution in [1.82, 2.24) is 4.57 Å². The lowest BCUT2D eigenvalue weighted by Crippen LogP contribution is -2.39. The average molecular weight is 797 g/mol. The van der Waals surface area contributed by atoms with E-state index >= 15 is 0 Å². The molecule has 4 aromatic rings. The maximum atomic E-state index is 14.1. The van der Waals surface area contributed by atoms with Crippen molar-refractivity contribution in [3.8, 4) is 17.2 Å². The van der Waals surface area contributed by atoms with Crippen LogP contribution in [0.5, 0.6) is 17.2 Å². The third kappa shape index (κ3) is 7.18. The van der Waals surface area contributed by atoms with E-state index in [-0.39, 0.29) is 17.7 Å². The second kappa shape index (κ2) is 14.6. The van der Waals surface area contributed by atoms with Crippen LogP contribution in [0.1, 0.15) is 36.6 Å². The Balaban J connectivity index is 1.62. The number of nitrogens with zero attached hydrogens (tertiary/aromatic N) is 2. The van der Waals surface area contributed by atoms with Gasteiger partial charge in [0.05, 0.1) is 51.0 Å². The molecule has 0 fully saturated rings. The fourth-order valence-corrected chi connectivity index (χ4v) is 7.41. The molecule has 8 nitrogen and oxygen atoms in total. The van der Waals surface area contributed by atoms with Gasteiger partial charge in [0, 0.05) is 16.2 Å². The monoisotopic (exact) mass is 794 g/mol. The lowest BCUT2D eigenvalue weighted by atomic mass is 9.97. The van der Waals surface area contributed by atoms with Crippen LogP contribution in [0.15, 0.2) is 79.0 Å². The van der Waals surface area contributed by atoms with Gasteiger partial charge < -0.3 is 18.9 Å². The van der Waals surface area contributed by atoms with Gasteiger partial charge in [-0.3, -0.25) is 9.36 Å². The molecule has 1 aromatic heterocycles. The van der Waals surface area contributed by atoms with Gasteiger partial charge in [0.15, 0.2) is 16.3 Å². The van der Waals surface area contributed by atoms with E-state index in [2.05, 4.69) is 36.9 Å². The zero-order chi connectivity index (χ0) is 32.2. The van der Waals surface area contributed by atoms with Crippen molar-refractivity contribution in [1.29, 1.82) is 0 Å². The van der Waals surface area contributed by atoms with Gasteiger partial charge in [-0.15, -0.1) is 0 Å². The molecular formula is C32H26Br2Cl2N2O6S. The Labute approximate surface area is 289 Å². The van der Waals surface area contributed by atoms with Crippen LogP contribution in [0, 0.1) is 0 Å². The van der Waals surface area contributed by atoms with Crippen LogP contribution in [0.25, 0.3) is 6.08 Å². The molecule has 3 aromatic carbocycles. The minimum Gasteiger partial charge on any atom is -0.490 e. The van der Waals surface area contributed by atoms with Crippen LogP contribution in [0.2, 0.25) is 10.0 Å². The molecule has 0 aliphatic carbocycles. The Hall–Kier alpha value is -3.09. The van der Waals surface area contributed by atoms with Crippen LogP contribution in [0.4, 0.5) is 0 Å². The summed E-state index contributed by atoms with van der Waals surface area (Å²) < 4.78 is 26.2. The highest BCUT2D eigenvalue weighted by atomic mass is 79.9. The van der Waals surface area contributed by atoms with E-state index in [4.69, 9.17) is 42.1 Å². The lowest BCUT2D eigenvalue weighted by Gasteiger charge is -2.23. The fraction of sp³-hybridized carbons (Fsp3) is 0.219. The molecule has 0 unspecified atom stereocenters. The molecular weight excluding hydrogens is 771 g/mol. The SMILES string of the molecule is CCOc1ccc([C@H]2C(C(=O)OC)=CN=c3s/c(=C/c4cc(Br)cc(Br)c4OCc4ccc(Cl)c(Cl)c4)c(=O)n32)cc1OCC. The Bertz CT molecular complexity index is 1990. The van der Waals surface area contributed by atoms with Gasteiger partial charge in [0.1, 0.15) is 12.4 Å². The summed E-state index contributed by atoms with van der Waals surface area (Å²) in [5, 5.41) is 0.880. The molecule has 2 heterocycles. The van der Waals surface area contributed by atoms with Crippen molar-refractivity contribution in [2.45, 2.75) is 26.5 Å². The van der Waals surface area contributed by atoms with Crippen LogP contribution >= 0.6 is 66.4 Å². The van der Waals surface area contributed by atoms with Crippen LogP contribution in [-0.4, -0.2) is 30.9 Å². The number of benzene rings is 3. The fourth-order valence-electron chi connectivity index (χ4n) is 4.75. The van der Waals surface area contributed by atoms with E-state index < -0.39 is 12.0 Å². The summed E-state index contributed by atoms with van der Waals surface area (Å²) >= 11 is 20.6. The van der Waals surface area contributed by atoms with Crippen LogP contribution in [0.3, 0.4) is 0 Å². The van der Waals surface area contributed by atoms with Gasteiger partial charge in [-0.1, -0.05) is 62.6 Å². The maximum Gasteiger partial charge on any atom is 0.337 e. The molecule has 5 rings (SSSR count). The Morgan fingerprint density at radius 2 is 1.76 bits per heavy atom. The maximum absolute atomic E-state index is 14.1. The predicted molar refractivity (Wildman–Crippen MR) is 183 cm³/mol. The molecule has 1 aliphatic rings. The predicted octanol–water partition coefficient (Wildman–Crippen LogP) is 7.23. The molecule has 0 saturated heterocycles. The quantitative estimate of drug-likeness (QED) is 0.158. The smallest absolute Gasteiger partial charge is 0.337 e. The Morgan fingerprint density at radius 3 is 2.47 bits per heavy atom. The second-order valence-corrected chi connectivity index (χ2v) is 13.2. The number of hydrogen-bond acceptors (Lipinski definition) is 8. The van der Waals surface area contributed by atoms with Gasteiger partial charge in [0.25, 0.3) is 5.56 Å². The van der Waals surface area contributed by atoms with Crippen molar-refractivity contribution < 1.29 is 23.7 Å². The van der Waals surface area contributed by atoms with Crippen molar-refractivity contribution in [2.75, 3.05) is 20.3 Å².